The predicted octanol–water partition coefficient (Wildman–Crippen LogP) is 3.16. The molecule has 0 saturated carbocycles. The van der Waals surface area contributed by atoms with Gasteiger partial charge in [-0.05, 0) is 30.7 Å². The summed E-state index contributed by atoms with van der Waals surface area (Å²) in [6, 6.07) is 7.72. The second-order valence-electron chi connectivity index (χ2n) is 4.13. The Morgan fingerprint density at radius 1 is 1.16 bits per heavy atom. The largest absolute Gasteiger partial charge is 0.464 e. The van der Waals surface area contributed by atoms with E-state index < -0.39 is 17.8 Å². The molecule has 0 aliphatic rings. The van der Waals surface area contributed by atoms with Gasteiger partial charge in [0.1, 0.15) is 17.6 Å². The lowest BCUT2D eigenvalue weighted by atomic mass is 9.98. The molecule has 0 fully saturated rings. The van der Waals surface area contributed by atoms with E-state index in [0.717, 1.165) is 6.07 Å². The molecule has 6 heteroatoms. The number of nitrogens with one attached hydrogen (secondary N) is 1. The van der Waals surface area contributed by atoms with E-state index in [9.17, 15) is 13.2 Å². The highest BCUT2D eigenvalue weighted by atomic mass is 19.4. The lowest BCUT2D eigenvalue weighted by Gasteiger charge is -2.19. The maximum Gasteiger partial charge on any atom is 0.416 e. The van der Waals surface area contributed by atoms with Crippen molar-refractivity contribution in [2.45, 2.75) is 19.1 Å². The van der Waals surface area contributed by atoms with Gasteiger partial charge in [0.05, 0.1) is 5.56 Å². The van der Waals surface area contributed by atoms with Gasteiger partial charge in [-0.3, -0.25) is 5.84 Å². The first kappa shape index (κ1) is 13.6. The molecular weight excluding hydrogens is 257 g/mol. The summed E-state index contributed by atoms with van der Waals surface area (Å²) in [6.45, 7) is 1.72. The van der Waals surface area contributed by atoms with Crippen LogP contribution in [0.15, 0.2) is 40.8 Å². The Morgan fingerprint density at radius 3 is 2.37 bits per heavy atom. The molecule has 1 atom stereocenters. The number of rotatable bonds is 3. The molecule has 0 amide bonds. The van der Waals surface area contributed by atoms with Crippen LogP contribution in [0.2, 0.25) is 0 Å². The van der Waals surface area contributed by atoms with Crippen LogP contribution in [-0.4, -0.2) is 0 Å². The average Bonchev–Trinajstić information content (AvgIpc) is 2.76. The van der Waals surface area contributed by atoms with Crippen molar-refractivity contribution in [3.8, 4) is 0 Å². The third-order valence-corrected chi connectivity index (χ3v) is 2.79. The molecule has 0 aliphatic carbocycles. The first-order chi connectivity index (χ1) is 8.93. The quantitative estimate of drug-likeness (QED) is 0.665. The van der Waals surface area contributed by atoms with E-state index in [0.29, 0.717) is 11.5 Å². The third kappa shape index (κ3) is 2.80. The molecule has 0 bridgehead atoms. The van der Waals surface area contributed by atoms with Crippen LogP contribution in [0.4, 0.5) is 13.2 Å². The Kier molecular flexibility index (Phi) is 3.64. The fraction of sp³-hybridized carbons (Fsp3) is 0.231. The summed E-state index contributed by atoms with van der Waals surface area (Å²) in [5.74, 6) is 6.34. The van der Waals surface area contributed by atoms with Crippen molar-refractivity contribution in [3.63, 3.8) is 0 Å². The molecular formula is C13H13F3N2O. The van der Waals surface area contributed by atoms with Gasteiger partial charge in [-0.15, -0.1) is 0 Å². The van der Waals surface area contributed by atoms with Gasteiger partial charge in [0.25, 0.3) is 0 Å². The van der Waals surface area contributed by atoms with Crippen LogP contribution in [0, 0.1) is 6.92 Å². The third-order valence-electron chi connectivity index (χ3n) is 2.79. The van der Waals surface area contributed by atoms with Crippen molar-refractivity contribution in [1.82, 2.24) is 5.43 Å². The van der Waals surface area contributed by atoms with E-state index in [-0.39, 0.29) is 5.56 Å². The topological polar surface area (TPSA) is 51.2 Å². The van der Waals surface area contributed by atoms with Gasteiger partial charge in [-0.1, -0.05) is 18.2 Å². The summed E-state index contributed by atoms with van der Waals surface area (Å²) in [4.78, 5) is 0. The number of hydrogen-bond donors (Lipinski definition) is 2. The first-order valence-corrected chi connectivity index (χ1v) is 5.62. The SMILES string of the molecule is Cc1ccc(C(NN)c2ccccc2C(F)(F)F)o1. The number of alkyl halides is 3. The number of hydrogen-bond acceptors (Lipinski definition) is 3. The number of halogens is 3. The minimum atomic E-state index is -4.44. The molecule has 2 rings (SSSR count). The molecule has 0 radical (unpaired) electrons. The number of benzene rings is 1. The second kappa shape index (κ2) is 5.07. The van der Waals surface area contributed by atoms with E-state index in [1.165, 1.54) is 18.2 Å². The van der Waals surface area contributed by atoms with E-state index in [4.69, 9.17) is 10.3 Å². The summed E-state index contributed by atoms with van der Waals surface area (Å²) in [7, 11) is 0. The maximum absolute atomic E-state index is 13.0. The van der Waals surface area contributed by atoms with Crippen LogP contribution in [0.25, 0.3) is 0 Å². The number of furan rings is 1. The monoisotopic (exact) mass is 270 g/mol. The fourth-order valence-electron chi connectivity index (χ4n) is 1.94. The van der Waals surface area contributed by atoms with Gasteiger partial charge >= 0.3 is 6.18 Å². The van der Waals surface area contributed by atoms with Gasteiger partial charge in [0.15, 0.2) is 0 Å². The van der Waals surface area contributed by atoms with Crippen LogP contribution in [0.1, 0.15) is 28.7 Å². The minimum Gasteiger partial charge on any atom is -0.464 e. The van der Waals surface area contributed by atoms with Crippen molar-refractivity contribution in [1.29, 1.82) is 0 Å². The molecule has 0 spiro atoms. The van der Waals surface area contributed by atoms with E-state index in [1.54, 1.807) is 19.1 Å². The molecule has 1 unspecified atom stereocenters. The lowest BCUT2D eigenvalue weighted by molar-refractivity contribution is -0.138. The Morgan fingerprint density at radius 2 is 1.84 bits per heavy atom. The average molecular weight is 270 g/mol. The summed E-state index contributed by atoms with van der Waals surface area (Å²) in [6.07, 6.45) is -4.44. The van der Waals surface area contributed by atoms with Crippen LogP contribution >= 0.6 is 0 Å². The summed E-state index contributed by atoms with van der Waals surface area (Å²) in [5.41, 5.74) is 1.67. The fourth-order valence-corrected chi connectivity index (χ4v) is 1.94. The van der Waals surface area contributed by atoms with Crippen molar-refractivity contribution in [3.05, 3.63) is 59.0 Å². The number of aryl methyl sites for hydroxylation is 1. The van der Waals surface area contributed by atoms with Gasteiger partial charge in [0.2, 0.25) is 0 Å². The highest BCUT2D eigenvalue weighted by Gasteiger charge is 2.35. The molecule has 0 aliphatic heterocycles. The second-order valence-corrected chi connectivity index (χ2v) is 4.13. The van der Waals surface area contributed by atoms with Gasteiger partial charge in [0, 0.05) is 0 Å². The lowest BCUT2D eigenvalue weighted by Crippen LogP contribution is -2.30. The zero-order valence-electron chi connectivity index (χ0n) is 10.2. The molecule has 1 heterocycles. The Labute approximate surface area is 108 Å². The first-order valence-electron chi connectivity index (χ1n) is 5.62. The molecule has 3 nitrogen and oxygen atoms in total. The van der Waals surface area contributed by atoms with Crippen molar-refractivity contribution >= 4 is 0 Å². The maximum atomic E-state index is 13.0. The Hall–Kier alpha value is -1.79. The molecule has 19 heavy (non-hydrogen) atoms. The highest BCUT2D eigenvalue weighted by molar-refractivity contribution is 5.36. The van der Waals surface area contributed by atoms with Crippen molar-refractivity contribution < 1.29 is 17.6 Å². The summed E-state index contributed by atoms with van der Waals surface area (Å²) >= 11 is 0. The highest BCUT2D eigenvalue weighted by Crippen LogP contribution is 2.36. The van der Waals surface area contributed by atoms with Crippen LogP contribution in [0.3, 0.4) is 0 Å². The van der Waals surface area contributed by atoms with Gasteiger partial charge < -0.3 is 4.42 Å². The van der Waals surface area contributed by atoms with Gasteiger partial charge in [-0.2, -0.15) is 13.2 Å². The molecule has 0 saturated heterocycles. The van der Waals surface area contributed by atoms with E-state index in [2.05, 4.69) is 5.43 Å². The van der Waals surface area contributed by atoms with E-state index >= 15 is 0 Å². The van der Waals surface area contributed by atoms with Crippen molar-refractivity contribution in [2.24, 2.45) is 5.84 Å². The molecule has 1 aromatic carbocycles. The molecule has 2 aromatic rings. The van der Waals surface area contributed by atoms with Crippen LogP contribution < -0.4 is 11.3 Å². The van der Waals surface area contributed by atoms with Crippen LogP contribution in [-0.2, 0) is 6.18 Å². The smallest absolute Gasteiger partial charge is 0.416 e. The summed E-state index contributed by atoms with van der Waals surface area (Å²) in [5, 5.41) is 0. The van der Waals surface area contributed by atoms with Crippen molar-refractivity contribution in [2.75, 3.05) is 0 Å². The van der Waals surface area contributed by atoms with Gasteiger partial charge in [-0.25, -0.2) is 5.43 Å². The molecule has 1 aromatic heterocycles. The summed E-state index contributed by atoms with van der Waals surface area (Å²) < 4.78 is 44.2. The number of hydrazine groups is 1. The Balaban J connectivity index is 2.50. The zero-order chi connectivity index (χ0) is 14.0. The van der Waals surface area contributed by atoms with E-state index in [1.807, 2.05) is 0 Å². The standard InChI is InChI=1S/C13H13F3N2O/c1-8-6-7-11(19-8)12(18-17)9-4-2-3-5-10(9)13(14,15)16/h2-7,12,18H,17H2,1H3. The normalized spacial score (nSPS) is 13.5. The Bertz CT molecular complexity index is 563. The zero-order valence-corrected chi connectivity index (χ0v) is 10.2. The molecule has 102 valence electrons. The van der Waals surface area contributed by atoms with Crippen LogP contribution in [0.5, 0.6) is 0 Å². The minimum absolute atomic E-state index is 0.0341. The predicted molar refractivity (Wildman–Crippen MR) is 64.1 cm³/mol. The molecule has 3 N–H and O–H groups in total. The number of nitrogens with two attached hydrogens (primary N) is 1.